The van der Waals surface area contributed by atoms with Crippen molar-refractivity contribution in [1.29, 1.82) is 0 Å². The van der Waals surface area contributed by atoms with E-state index in [1.807, 2.05) is 7.05 Å². The smallest absolute Gasteiger partial charge is 0.253 e. The molecular formula is C15H21FN2O. The second-order valence-electron chi connectivity index (χ2n) is 5.36. The van der Waals surface area contributed by atoms with Crippen LogP contribution in [0.15, 0.2) is 18.2 Å². The van der Waals surface area contributed by atoms with Crippen molar-refractivity contribution in [3.05, 3.63) is 35.1 Å². The number of hydrogen-bond acceptors (Lipinski definition) is 2. The van der Waals surface area contributed by atoms with Crippen LogP contribution >= 0.6 is 0 Å². The second-order valence-corrected chi connectivity index (χ2v) is 5.36. The van der Waals surface area contributed by atoms with Crippen molar-refractivity contribution in [2.75, 3.05) is 26.7 Å². The average Bonchev–Trinajstić information content (AvgIpc) is 2.42. The van der Waals surface area contributed by atoms with Gasteiger partial charge in [-0.3, -0.25) is 4.79 Å². The molecule has 19 heavy (non-hydrogen) atoms. The molecule has 1 aromatic rings. The Morgan fingerprint density at radius 3 is 2.95 bits per heavy atom. The van der Waals surface area contributed by atoms with E-state index < -0.39 is 0 Å². The molecule has 0 spiro atoms. The standard InChI is InChI=1S/C15H21FN2O/c1-11-8-13(5-6-14(11)16)15(19)18(2)10-12-4-3-7-17-9-12/h5-6,8,12,17H,3-4,7,9-10H2,1-2H3. The summed E-state index contributed by atoms with van der Waals surface area (Å²) in [7, 11) is 1.82. The van der Waals surface area contributed by atoms with Crippen molar-refractivity contribution in [2.24, 2.45) is 5.92 Å². The third-order valence-electron chi connectivity index (χ3n) is 3.68. The van der Waals surface area contributed by atoms with Crippen LogP contribution in [0.25, 0.3) is 0 Å². The molecule has 1 aromatic carbocycles. The summed E-state index contributed by atoms with van der Waals surface area (Å²) in [6.07, 6.45) is 2.33. The van der Waals surface area contributed by atoms with Gasteiger partial charge in [-0.2, -0.15) is 0 Å². The van der Waals surface area contributed by atoms with Gasteiger partial charge in [-0.15, -0.1) is 0 Å². The maximum atomic E-state index is 13.2. The van der Waals surface area contributed by atoms with Gasteiger partial charge in [0.1, 0.15) is 5.82 Å². The highest BCUT2D eigenvalue weighted by Crippen LogP contribution is 2.14. The number of carbonyl (C=O) groups is 1. The molecule has 1 heterocycles. The highest BCUT2D eigenvalue weighted by atomic mass is 19.1. The average molecular weight is 264 g/mol. The number of benzene rings is 1. The molecule has 1 amide bonds. The molecule has 3 nitrogen and oxygen atoms in total. The number of halogens is 1. The van der Waals surface area contributed by atoms with Gasteiger partial charge >= 0.3 is 0 Å². The summed E-state index contributed by atoms with van der Waals surface area (Å²) in [6, 6.07) is 4.53. The molecule has 1 N–H and O–H groups in total. The molecule has 1 saturated heterocycles. The Bertz CT molecular complexity index is 455. The number of hydrogen-bond donors (Lipinski definition) is 1. The van der Waals surface area contributed by atoms with Gasteiger partial charge in [0.15, 0.2) is 0 Å². The molecule has 1 aliphatic heterocycles. The zero-order valence-corrected chi connectivity index (χ0v) is 11.6. The first-order valence-electron chi connectivity index (χ1n) is 6.80. The number of nitrogens with zero attached hydrogens (tertiary/aromatic N) is 1. The zero-order valence-electron chi connectivity index (χ0n) is 11.6. The van der Waals surface area contributed by atoms with E-state index in [1.165, 1.54) is 12.5 Å². The van der Waals surface area contributed by atoms with Crippen LogP contribution in [-0.4, -0.2) is 37.5 Å². The number of aryl methyl sites for hydroxylation is 1. The van der Waals surface area contributed by atoms with Gasteiger partial charge in [-0.25, -0.2) is 4.39 Å². The van der Waals surface area contributed by atoms with Crippen LogP contribution in [0.2, 0.25) is 0 Å². The van der Waals surface area contributed by atoms with Crippen LogP contribution in [0.4, 0.5) is 4.39 Å². The Kier molecular flexibility index (Phi) is 4.53. The number of carbonyl (C=O) groups excluding carboxylic acids is 1. The molecule has 1 aliphatic rings. The predicted molar refractivity (Wildman–Crippen MR) is 73.7 cm³/mol. The van der Waals surface area contributed by atoms with Crippen LogP contribution in [-0.2, 0) is 0 Å². The summed E-state index contributed by atoms with van der Waals surface area (Å²) in [4.78, 5) is 14.0. The van der Waals surface area contributed by atoms with E-state index in [2.05, 4.69) is 5.32 Å². The van der Waals surface area contributed by atoms with Gasteiger partial charge < -0.3 is 10.2 Å². The number of rotatable bonds is 3. The molecule has 0 bridgehead atoms. The second kappa shape index (κ2) is 6.15. The molecule has 104 valence electrons. The van der Waals surface area contributed by atoms with E-state index >= 15 is 0 Å². The van der Waals surface area contributed by atoms with Crippen LogP contribution < -0.4 is 5.32 Å². The van der Waals surface area contributed by atoms with Crippen LogP contribution in [0.1, 0.15) is 28.8 Å². The molecule has 1 atom stereocenters. The van der Waals surface area contributed by atoms with Crippen molar-refractivity contribution in [3.8, 4) is 0 Å². The Labute approximate surface area is 113 Å². The summed E-state index contributed by atoms with van der Waals surface area (Å²) >= 11 is 0. The van der Waals surface area contributed by atoms with Crippen molar-refractivity contribution in [2.45, 2.75) is 19.8 Å². The Morgan fingerprint density at radius 1 is 1.53 bits per heavy atom. The topological polar surface area (TPSA) is 32.3 Å². The summed E-state index contributed by atoms with van der Waals surface area (Å²) in [5.41, 5.74) is 1.07. The molecule has 4 heteroatoms. The van der Waals surface area contributed by atoms with E-state index in [4.69, 9.17) is 0 Å². The molecule has 0 radical (unpaired) electrons. The maximum absolute atomic E-state index is 13.2. The Hall–Kier alpha value is -1.42. The highest BCUT2D eigenvalue weighted by Gasteiger charge is 2.19. The van der Waals surface area contributed by atoms with Crippen LogP contribution in [0.3, 0.4) is 0 Å². The minimum absolute atomic E-state index is 0.0336. The lowest BCUT2D eigenvalue weighted by Crippen LogP contribution is -2.39. The fourth-order valence-electron chi connectivity index (χ4n) is 2.55. The van der Waals surface area contributed by atoms with Gasteiger partial charge in [0, 0.05) is 19.2 Å². The first-order valence-corrected chi connectivity index (χ1v) is 6.80. The predicted octanol–water partition coefficient (Wildman–Crippen LogP) is 2.21. The molecule has 2 rings (SSSR count). The monoisotopic (exact) mass is 264 g/mol. The molecule has 1 fully saturated rings. The van der Waals surface area contributed by atoms with E-state index in [9.17, 15) is 9.18 Å². The lowest BCUT2D eigenvalue weighted by atomic mass is 9.99. The van der Waals surface area contributed by atoms with Crippen molar-refractivity contribution in [1.82, 2.24) is 10.2 Å². The normalized spacial score (nSPS) is 19.2. The lowest BCUT2D eigenvalue weighted by Gasteiger charge is -2.27. The fourth-order valence-corrected chi connectivity index (χ4v) is 2.55. The molecule has 0 aliphatic carbocycles. The maximum Gasteiger partial charge on any atom is 0.253 e. The van der Waals surface area contributed by atoms with Crippen LogP contribution in [0.5, 0.6) is 0 Å². The van der Waals surface area contributed by atoms with Gasteiger partial charge in [0.05, 0.1) is 0 Å². The van der Waals surface area contributed by atoms with Gasteiger partial charge in [-0.05, 0) is 62.5 Å². The van der Waals surface area contributed by atoms with Crippen molar-refractivity contribution in [3.63, 3.8) is 0 Å². The fraction of sp³-hybridized carbons (Fsp3) is 0.533. The highest BCUT2D eigenvalue weighted by molar-refractivity contribution is 5.94. The van der Waals surface area contributed by atoms with Gasteiger partial charge in [-0.1, -0.05) is 0 Å². The van der Waals surface area contributed by atoms with Gasteiger partial charge in [0.25, 0.3) is 5.91 Å². The minimum atomic E-state index is -0.268. The number of amides is 1. The number of nitrogens with one attached hydrogen (secondary N) is 1. The first kappa shape index (κ1) is 14.0. The third kappa shape index (κ3) is 3.53. The van der Waals surface area contributed by atoms with Gasteiger partial charge in [0.2, 0.25) is 0 Å². The largest absolute Gasteiger partial charge is 0.341 e. The van der Waals surface area contributed by atoms with E-state index in [-0.39, 0.29) is 11.7 Å². The van der Waals surface area contributed by atoms with Crippen LogP contribution in [0, 0.1) is 18.7 Å². The lowest BCUT2D eigenvalue weighted by molar-refractivity contribution is 0.0764. The zero-order chi connectivity index (χ0) is 13.8. The molecule has 1 unspecified atom stereocenters. The van der Waals surface area contributed by atoms with E-state index in [0.717, 1.165) is 26.1 Å². The molecular weight excluding hydrogens is 243 g/mol. The molecule has 0 saturated carbocycles. The Balaban J connectivity index is 1.99. The van der Waals surface area contributed by atoms with E-state index in [1.54, 1.807) is 24.0 Å². The summed E-state index contributed by atoms with van der Waals surface area (Å²) in [5.74, 6) is 0.216. The first-order chi connectivity index (χ1) is 9.08. The minimum Gasteiger partial charge on any atom is -0.341 e. The Morgan fingerprint density at radius 2 is 2.32 bits per heavy atom. The molecule has 0 aromatic heterocycles. The van der Waals surface area contributed by atoms with E-state index in [0.29, 0.717) is 17.0 Å². The summed E-state index contributed by atoms with van der Waals surface area (Å²) in [5, 5.41) is 3.35. The summed E-state index contributed by atoms with van der Waals surface area (Å²) < 4.78 is 13.2. The SMILES string of the molecule is Cc1cc(C(=O)N(C)CC2CCCNC2)ccc1F. The van der Waals surface area contributed by atoms with Crippen molar-refractivity contribution >= 4 is 5.91 Å². The summed E-state index contributed by atoms with van der Waals surface area (Å²) in [6.45, 7) is 4.48. The third-order valence-corrected chi connectivity index (χ3v) is 3.68. The number of piperidine rings is 1. The quantitative estimate of drug-likeness (QED) is 0.907. The van der Waals surface area contributed by atoms with Crippen molar-refractivity contribution < 1.29 is 9.18 Å².